The van der Waals surface area contributed by atoms with Gasteiger partial charge in [-0.15, -0.1) is 0 Å². The molecule has 0 aromatic heterocycles. The van der Waals surface area contributed by atoms with Gasteiger partial charge in [0.05, 0.1) is 25.3 Å². The van der Waals surface area contributed by atoms with Gasteiger partial charge in [0, 0.05) is 31.6 Å². The van der Waals surface area contributed by atoms with Crippen molar-refractivity contribution < 1.29 is 27.4 Å². The second-order valence-corrected chi connectivity index (χ2v) is 6.01. The molecule has 1 N–H and O–H groups in total. The number of nitrogens with one attached hydrogen (secondary N) is 1. The molecule has 5 nitrogen and oxygen atoms in total. The van der Waals surface area contributed by atoms with Crippen molar-refractivity contribution in [2.45, 2.75) is 24.8 Å². The van der Waals surface area contributed by atoms with E-state index in [4.69, 9.17) is 9.47 Å². The number of rotatable bonds is 3. The summed E-state index contributed by atoms with van der Waals surface area (Å²) in [6.07, 6.45) is -3.06. The number of anilines is 1. The van der Waals surface area contributed by atoms with Gasteiger partial charge in [-0.3, -0.25) is 9.69 Å². The smallest absolute Gasteiger partial charge is 0.347 e. The van der Waals surface area contributed by atoms with Gasteiger partial charge >= 0.3 is 6.18 Å². The molecule has 1 spiro atoms. The summed E-state index contributed by atoms with van der Waals surface area (Å²) in [4.78, 5) is 14.0. The second kappa shape index (κ2) is 6.70. The van der Waals surface area contributed by atoms with Gasteiger partial charge in [0.1, 0.15) is 0 Å². The molecule has 0 bridgehead atoms. The van der Waals surface area contributed by atoms with Gasteiger partial charge in [-0.25, -0.2) is 0 Å². The first-order valence-electron chi connectivity index (χ1n) is 7.84. The fraction of sp³-hybridized carbons (Fsp3) is 0.562. The molecule has 8 heteroatoms. The molecule has 24 heavy (non-hydrogen) atoms. The molecule has 1 amide bonds. The number of hydrogen-bond donors (Lipinski definition) is 1. The van der Waals surface area contributed by atoms with Gasteiger partial charge in [0.15, 0.2) is 5.79 Å². The largest absolute Gasteiger partial charge is 0.416 e. The predicted molar refractivity (Wildman–Crippen MR) is 80.4 cm³/mol. The maximum atomic E-state index is 12.7. The Morgan fingerprint density at radius 2 is 1.88 bits per heavy atom. The normalized spacial score (nSPS) is 21.1. The van der Waals surface area contributed by atoms with E-state index in [1.807, 2.05) is 4.90 Å². The number of alkyl halides is 3. The van der Waals surface area contributed by atoms with Crippen molar-refractivity contribution in [3.8, 4) is 0 Å². The minimum Gasteiger partial charge on any atom is -0.347 e. The molecule has 1 aromatic carbocycles. The third-order valence-electron chi connectivity index (χ3n) is 4.27. The minimum atomic E-state index is -4.43. The lowest BCUT2D eigenvalue weighted by molar-refractivity contribution is -0.185. The fourth-order valence-corrected chi connectivity index (χ4v) is 3.01. The van der Waals surface area contributed by atoms with Crippen LogP contribution in [0.3, 0.4) is 0 Å². The van der Waals surface area contributed by atoms with E-state index >= 15 is 0 Å². The molecular weight excluding hydrogens is 325 g/mol. The monoisotopic (exact) mass is 344 g/mol. The molecular formula is C16H19F3N2O3. The molecule has 2 heterocycles. The molecule has 0 unspecified atom stereocenters. The Kier molecular flexibility index (Phi) is 4.80. The number of hydrogen-bond acceptors (Lipinski definition) is 4. The molecule has 132 valence electrons. The van der Waals surface area contributed by atoms with Crippen molar-refractivity contribution >= 4 is 11.6 Å². The first-order chi connectivity index (χ1) is 11.4. The van der Waals surface area contributed by atoms with Crippen LogP contribution in [0, 0.1) is 0 Å². The Labute approximate surface area is 137 Å². The van der Waals surface area contributed by atoms with E-state index in [2.05, 4.69) is 5.32 Å². The van der Waals surface area contributed by atoms with E-state index in [1.165, 1.54) is 12.1 Å². The maximum absolute atomic E-state index is 12.7. The molecule has 2 aliphatic heterocycles. The number of carbonyl (C=O) groups is 1. The quantitative estimate of drug-likeness (QED) is 0.915. The lowest BCUT2D eigenvalue weighted by atomic mass is 10.0. The number of ether oxygens (including phenoxy) is 2. The molecule has 0 radical (unpaired) electrons. The molecule has 2 fully saturated rings. The Morgan fingerprint density at radius 3 is 2.50 bits per heavy atom. The average Bonchev–Trinajstić information content (AvgIpc) is 2.98. The summed E-state index contributed by atoms with van der Waals surface area (Å²) in [6.45, 7) is 2.62. The molecule has 0 atom stereocenters. The zero-order valence-electron chi connectivity index (χ0n) is 13.1. The SMILES string of the molecule is O=C(CN1CCC2(CC1)OCCO2)Nc1cccc(C(F)(F)F)c1. The summed E-state index contributed by atoms with van der Waals surface area (Å²) in [6, 6.07) is 4.63. The zero-order valence-corrected chi connectivity index (χ0v) is 13.1. The van der Waals surface area contributed by atoms with Crippen molar-refractivity contribution in [1.82, 2.24) is 4.90 Å². The van der Waals surface area contributed by atoms with Crippen LogP contribution in [-0.2, 0) is 20.4 Å². The maximum Gasteiger partial charge on any atom is 0.416 e. The standard InChI is InChI=1S/C16H19F3N2O3/c17-16(18,19)12-2-1-3-13(10-12)20-14(22)11-21-6-4-15(5-7-21)23-8-9-24-15/h1-3,10H,4-9,11H2,(H,20,22). The predicted octanol–water partition coefficient (Wildman–Crippen LogP) is 2.48. The van der Waals surface area contributed by atoms with Crippen LogP contribution in [-0.4, -0.2) is 49.4 Å². The van der Waals surface area contributed by atoms with E-state index in [-0.39, 0.29) is 18.1 Å². The first kappa shape index (κ1) is 17.2. The summed E-state index contributed by atoms with van der Waals surface area (Å²) in [5.74, 6) is -0.841. The van der Waals surface area contributed by atoms with E-state index < -0.39 is 17.5 Å². The summed E-state index contributed by atoms with van der Waals surface area (Å²) < 4.78 is 49.3. The van der Waals surface area contributed by atoms with Gasteiger partial charge in [0.2, 0.25) is 5.91 Å². The van der Waals surface area contributed by atoms with Gasteiger partial charge < -0.3 is 14.8 Å². The highest BCUT2D eigenvalue weighted by molar-refractivity contribution is 5.92. The average molecular weight is 344 g/mol. The van der Waals surface area contributed by atoms with Crippen LogP contribution in [0.4, 0.5) is 18.9 Å². The number of halogens is 3. The van der Waals surface area contributed by atoms with Crippen LogP contribution < -0.4 is 5.32 Å². The fourth-order valence-electron chi connectivity index (χ4n) is 3.01. The van der Waals surface area contributed by atoms with Gasteiger partial charge in [-0.1, -0.05) is 6.07 Å². The summed E-state index contributed by atoms with van der Waals surface area (Å²) in [5, 5.41) is 2.52. The van der Waals surface area contributed by atoms with Crippen LogP contribution in [0.2, 0.25) is 0 Å². The van der Waals surface area contributed by atoms with Crippen molar-refractivity contribution in [3.05, 3.63) is 29.8 Å². The molecule has 0 aliphatic carbocycles. The highest BCUT2D eigenvalue weighted by Gasteiger charge is 2.40. The zero-order chi connectivity index (χ0) is 17.2. The van der Waals surface area contributed by atoms with Crippen LogP contribution in [0.1, 0.15) is 18.4 Å². The van der Waals surface area contributed by atoms with Crippen molar-refractivity contribution in [2.75, 3.05) is 38.2 Å². The van der Waals surface area contributed by atoms with Gasteiger partial charge in [-0.2, -0.15) is 13.2 Å². The molecule has 2 aliphatic rings. The van der Waals surface area contributed by atoms with Crippen LogP contribution >= 0.6 is 0 Å². The van der Waals surface area contributed by atoms with Crippen molar-refractivity contribution in [1.29, 1.82) is 0 Å². The molecule has 0 saturated carbocycles. The van der Waals surface area contributed by atoms with Crippen molar-refractivity contribution in [3.63, 3.8) is 0 Å². The number of amides is 1. The lowest BCUT2D eigenvalue weighted by Gasteiger charge is -2.37. The summed E-state index contributed by atoms with van der Waals surface area (Å²) in [7, 11) is 0. The molecule has 2 saturated heterocycles. The third kappa shape index (κ3) is 4.06. The van der Waals surface area contributed by atoms with Gasteiger partial charge in [-0.05, 0) is 18.2 Å². The van der Waals surface area contributed by atoms with E-state index in [0.29, 0.717) is 39.1 Å². The minimum absolute atomic E-state index is 0.131. The Morgan fingerprint density at radius 1 is 1.21 bits per heavy atom. The highest BCUT2D eigenvalue weighted by Crippen LogP contribution is 2.32. The lowest BCUT2D eigenvalue weighted by Crippen LogP contribution is -2.47. The number of likely N-dealkylation sites (tertiary alicyclic amines) is 1. The highest BCUT2D eigenvalue weighted by atomic mass is 19.4. The number of piperidine rings is 1. The summed E-state index contributed by atoms with van der Waals surface area (Å²) >= 11 is 0. The summed E-state index contributed by atoms with van der Waals surface area (Å²) in [5.41, 5.74) is -0.637. The molecule has 3 rings (SSSR count). The number of benzene rings is 1. The van der Waals surface area contributed by atoms with Gasteiger partial charge in [0.25, 0.3) is 0 Å². The first-order valence-corrected chi connectivity index (χ1v) is 7.84. The van der Waals surface area contributed by atoms with E-state index in [1.54, 1.807) is 0 Å². The number of carbonyl (C=O) groups excluding carboxylic acids is 1. The van der Waals surface area contributed by atoms with Crippen molar-refractivity contribution in [2.24, 2.45) is 0 Å². The van der Waals surface area contributed by atoms with Crippen LogP contribution in [0.15, 0.2) is 24.3 Å². The van der Waals surface area contributed by atoms with E-state index in [0.717, 1.165) is 12.1 Å². The molecule has 1 aromatic rings. The second-order valence-electron chi connectivity index (χ2n) is 6.01. The topological polar surface area (TPSA) is 50.8 Å². The Hall–Kier alpha value is -1.64. The Balaban J connectivity index is 1.51. The van der Waals surface area contributed by atoms with Crippen LogP contribution in [0.25, 0.3) is 0 Å². The number of nitrogens with zero attached hydrogens (tertiary/aromatic N) is 1. The van der Waals surface area contributed by atoms with Crippen LogP contribution in [0.5, 0.6) is 0 Å². The Bertz CT molecular complexity index is 590. The third-order valence-corrected chi connectivity index (χ3v) is 4.27. The van der Waals surface area contributed by atoms with E-state index in [9.17, 15) is 18.0 Å².